The van der Waals surface area contributed by atoms with Crippen molar-refractivity contribution in [3.05, 3.63) is 35.9 Å². The van der Waals surface area contributed by atoms with E-state index < -0.39 is 0 Å². The number of rotatable bonds is 6. The Morgan fingerprint density at radius 2 is 2.06 bits per heavy atom. The Kier molecular flexibility index (Phi) is 4.15. The molecule has 2 aromatic rings. The van der Waals surface area contributed by atoms with Crippen LogP contribution in [-0.4, -0.2) is 19.6 Å². The standard InChI is InChI=1S/C13H21N5/c1-4-17-7-6-13(16-17)11(3)14-8-12-9-15-18(5-2)10-12/h6-7,9-11,14H,4-5,8H2,1-3H3. The summed E-state index contributed by atoms with van der Waals surface area (Å²) in [7, 11) is 0. The maximum absolute atomic E-state index is 4.50. The molecule has 0 fully saturated rings. The van der Waals surface area contributed by atoms with Crippen molar-refractivity contribution >= 4 is 0 Å². The molecule has 2 heterocycles. The molecule has 0 saturated heterocycles. The highest BCUT2D eigenvalue weighted by Gasteiger charge is 2.08. The van der Waals surface area contributed by atoms with Crippen LogP contribution in [-0.2, 0) is 19.6 Å². The van der Waals surface area contributed by atoms with Crippen molar-refractivity contribution in [3.8, 4) is 0 Å². The SMILES string of the molecule is CCn1cc(CNC(C)c2ccn(CC)n2)cn1. The van der Waals surface area contributed by atoms with Crippen LogP contribution in [0.25, 0.3) is 0 Å². The van der Waals surface area contributed by atoms with E-state index in [9.17, 15) is 0 Å². The van der Waals surface area contributed by atoms with Crippen molar-refractivity contribution in [2.24, 2.45) is 0 Å². The van der Waals surface area contributed by atoms with Crippen LogP contribution < -0.4 is 5.32 Å². The van der Waals surface area contributed by atoms with Gasteiger partial charge in [0.05, 0.1) is 11.9 Å². The van der Waals surface area contributed by atoms with Crippen molar-refractivity contribution in [1.29, 1.82) is 0 Å². The van der Waals surface area contributed by atoms with Gasteiger partial charge in [-0.3, -0.25) is 9.36 Å². The highest BCUT2D eigenvalue weighted by atomic mass is 15.3. The topological polar surface area (TPSA) is 47.7 Å². The summed E-state index contributed by atoms with van der Waals surface area (Å²) in [6, 6.07) is 2.32. The first-order valence-electron chi connectivity index (χ1n) is 6.51. The van der Waals surface area contributed by atoms with E-state index in [2.05, 4.69) is 48.5 Å². The molecule has 0 aliphatic carbocycles. The second-order valence-corrected chi connectivity index (χ2v) is 4.40. The number of aromatic nitrogens is 4. The minimum absolute atomic E-state index is 0.253. The maximum Gasteiger partial charge on any atom is 0.0791 e. The average Bonchev–Trinajstić information content (AvgIpc) is 3.04. The fourth-order valence-electron chi connectivity index (χ4n) is 1.83. The van der Waals surface area contributed by atoms with Crippen molar-refractivity contribution < 1.29 is 0 Å². The molecule has 0 aromatic carbocycles. The van der Waals surface area contributed by atoms with E-state index >= 15 is 0 Å². The number of hydrogen-bond acceptors (Lipinski definition) is 3. The monoisotopic (exact) mass is 247 g/mol. The van der Waals surface area contributed by atoms with Crippen LogP contribution >= 0.6 is 0 Å². The molecule has 2 rings (SSSR count). The molecule has 0 amide bonds. The Labute approximate surface area is 108 Å². The molecule has 98 valence electrons. The van der Waals surface area contributed by atoms with E-state index in [1.54, 1.807) is 0 Å². The summed E-state index contributed by atoms with van der Waals surface area (Å²) in [5, 5.41) is 12.2. The summed E-state index contributed by atoms with van der Waals surface area (Å²) >= 11 is 0. The van der Waals surface area contributed by atoms with E-state index in [1.807, 2.05) is 21.8 Å². The zero-order valence-corrected chi connectivity index (χ0v) is 11.3. The summed E-state index contributed by atoms with van der Waals surface area (Å²) in [4.78, 5) is 0. The second kappa shape index (κ2) is 5.82. The predicted octanol–water partition coefficient (Wildman–Crippen LogP) is 1.97. The molecule has 5 nitrogen and oxygen atoms in total. The lowest BCUT2D eigenvalue weighted by Crippen LogP contribution is -2.18. The largest absolute Gasteiger partial charge is 0.305 e. The van der Waals surface area contributed by atoms with E-state index in [0.717, 1.165) is 25.3 Å². The Morgan fingerprint density at radius 3 is 2.67 bits per heavy atom. The quantitative estimate of drug-likeness (QED) is 0.849. The van der Waals surface area contributed by atoms with E-state index in [0.29, 0.717) is 0 Å². The molecule has 0 spiro atoms. The summed E-state index contributed by atoms with van der Waals surface area (Å²) < 4.78 is 3.89. The van der Waals surface area contributed by atoms with Gasteiger partial charge in [0.2, 0.25) is 0 Å². The predicted molar refractivity (Wildman–Crippen MR) is 71.1 cm³/mol. The maximum atomic E-state index is 4.50. The smallest absolute Gasteiger partial charge is 0.0791 e. The fraction of sp³-hybridized carbons (Fsp3) is 0.538. The van der Waals surface area contributed by atoms with Crippen LogP contribution in [0.1, 0.15) is 38.1 Å². The molecule has 0 aliphatic rings. The van der Waals surface area contributed by atoms with Gasteiger partial charge in [-0.15, -0.1) is 0 Å². The number of nitrogens with zero attached hydrogens (tertiary/aromatic N) is 4. The van der Waals surface area contributed by atoms with Crippen molar-refractivity contribution in [3.63, 3.8) is 0 Å². The lowest BCUT2D eigenvalue weighted by Gasteiger charge is -2.10. The van der Waals surface area contributed by atoms with Gasteiger partial charge < -0.3 is 5.32 Å². The van der Waals surface area contributed by atoms with Gasteiger partial charge in [-0.2, -0.15) is 10.2 Å². The third-order valence-corrected chi connectivity index (χ3v) is 3.05. The van der Waals surface area contributed by atoms with Crippen molar-refractivity contribution in [2.75, 3.05) is 0 Å². The van der Waals surface area contributed by atoms with Crippen molar-refractivity contribution in [1.82, 2.24) is 24.9 Å². The molecule has 0 saturated carbocycles. The van der Waals surface area contributed by atoms with Gasteiger partial charge in [0.1, 0.15) is 0 Å². The Morgan fingerprint density at radius 1 is 1.28 bits per heavy atom. The zero-order chi connectivity index (χ0) is 13.0. The lowest BCUT2D eigenvalue weighted by atomic mass is 10.2. The highest BCUT2D eigenvalue weighted by Crippen LogP contribution is 2.10. The third kappa shape index (κ3) is 2.98. The first kappa shape index (κ1) is 12.8. The fourth-order valence-corrected chi connectivity index (χ4v) is 1.83. The molecule has 1 atom stereocenters. The normalized spacial score (nSPS) is 12.8. The summed E-state index contributed by atoms with van der Waals surface area (Å²) in [6.45, 7) is 8.96. The summed E-state index contributed by atoms with van der Waals surface area (Å²) in [5.74, 6) is 0. The molecule has 2 aromatic heterocycles. The minimum Gasteiger partial charge on any atom is -0.305 e. The van der Waals surface area contributed by atoms with Crippen LogP contribution in [0.3, 0.4) is 0 Å². The Bertz CT molecular complexity index is 485. The van der Waals surface area contributed by atoms with Gasteiger partial charge in [0.25, 0.3) is 0 Å². The van der Waals surface area contributed by atoms with Gasteiger partial charge >= 0.3 is 0 Å². The van der Waals surface area contributed by atoms with E-state index in [-0.39, 0.29) is 6.04 Å². The van der Waals surface area contributed by atoms with Crippen LogP contribution in [0.15, 0.2) is 24.7 Å². The van der Waals surface area contributed by atoms with E-state index in [1.165, 1.54) is 5.56 Å². The molecular weight excluding hydrogens is 226 g/mol. The zero-order valence-electron chi connectivity index (χ0n) is 11.3. The second-order valence-electron chi connectivity index (χ2n) is 4.40. The third-order valence-electron chi connectivity index (χ3n) is 3.05. The molecule has 5 heteroatoms. The van der Waals surface area contributed by atoms with Gasteiger partial charge in [0.15, 0.2) is 0 Å². The van der Waals surface area contributed by atoms with Crippen LogP contribution in [0.2, 0.25) is 0 Å². The summed E-state index contributed by atoms with van der Waals surface area (Å²) in [6.07, 6.45) is 6.00. The van der Waals surface area contributed by atoms with Gasteiger partial charge in [-0.05, 0) is 26.8 Å². The Hall–Kier alpha value is -1.62. The molecule has 0 radical (unpaired) electrons. The molecule has 1 unspecified atom stereocenters. The minimum atomic E-state index is 0.253. The van der Waals surface area contributed by atoms with Crippen LogP contribution in [0, 0.1) is 0 Å². The van der Waals surface area contributed by atoms with Gasteiger partial charge in [0, 0.05) is 43.6 Å². The molecule has 1 N–H and O–H groups in total. The number of hydrogen-bond donors (Lipinski definition) is 1. The molecule has 0 aliphatic heterocycles. The highest BCUT2D eigenvalue weighted by molar-refractivity contribution is 5.07. The first-order valence-corrected chi connectivity index (χ1v) is 6.51. The van der Waals surface area contributed by atoms with Gasteiger partial charge in [-0.1, -0.05) is 0 Å². The van der Waals surface area contributed by atoms with Crippen LogP contribution in [0.5, 0.6) is 0 Å². The number of aryl methyl sites for hydroxylation is 2. The molecular formula is C13H21N5. The Balaban J connectivity index is 1.89. The molecule has 18 heavy (non-hydrogen) atoms. The summed E-state index contributed by atoms with van der Waals surface area (Å²) in [5.41, 5.74) is 2.29. The average molecular weight is 247 g/mol. The van der Waals surface area contributed by atoms with Gasteiger partial charge in [-0.25, -0.2) is 0 Å². The molecule has 0 bridgehead atoms. The number of nitrogens with one attached hydrogen (secondary N) is 1. The van der Waals surface area contributed by atoms with Crippen LogP contribution in [0.4, 0.5) is 0 Å². The van der Waals surface area contributed by atoms with Crippen molar-refractivity contribution in [2.45, 2.75) is 46.4 Å². The first-order chi connectivity index (χ1) is 8.72. The van der Waals surface area contributed by atoms with E-state index in [4.69, 9.17) is 0 Å². The lowest BCUT2D eigenvalue weighted by molar-refractivity contribution is 0.542.